The number of carbonyl (C=O) groups excluding carboxylic acids is 1. The Labute approximate surface area is 183 Å². The van der Waals surface area contributed by atoms with Crippen LogP contribution in [0.2, 0.25) is 10.0 Å². The van der Waals surface area contributed by atoms with E-state index in [2.05, 4.69) is 39.0 Å². The average Bonchev–Trinajstić information content (AvgIpc) is 2.77. The molecular formula is C23H27Cl2N3O. The first-order valence-electron chi connectivity index (χ1n) is 10.4. The topological polar surface area (TPSA) is 26.8 Å². The quantitative estimate of drug-likeness (QED) is 0.709. The molecule has 2 aromatic carbocycles. The summed E-state index contributed by atoms with van der Waals surface area (Å²) in [5.74, 6) is 0.362. The van der Waals surface area contributed by atoms with Crippen LogP contribution in [0.3, 0.4) is 0 Å². The van der Waals surface area contributed by atoms with Gasteiger partial charge >= 0.3 is 0 Å². The Bertz CT molecular complexity index is 817. The Morgan fingerprint density at radius 2 is 1.59 bits per heavy atom. The van der Waals surface area contributed by atoms with Gasteiger partial charge in [-0.25, -0.2) is 0 Å². The number of halogens is 2. The number of hydrogen-bond acceptors (Lipinski definition) is 3. The molecule has 2 saturated heterocycles. The van der Waals surface area contributed by atoms with Gasteiger partial charge in [0.2, 0.25) is 5.91 Å². The van der Waals surface area contributed by atoms with Crippen molar-refractivity contribution in [2.75, 3.05) is 44.2 Å². The molecule has 2 aromatic rings. The molecule has 1 atom stereocenters. The SMILES string of the molecule is O=C([C@@H]1CCCN(Cc2c(Cl)cccc2Cl)C1)N1CCN(c2ccccc2)CC1. The van der Waals surface area contributed by atoms with Crippen molar-refractivity contribution in [3.63, 3.8) is 0 Å². The lowest BCUT2D eigenvalue weighted by atomic mass is 9.95. The number of nitrogens with zero attached hydrogens (tertiary/aromatic N) is 3. The van der Waals surface area contributed by atoms with Gasteiger partial charge in [0.25, 0.3) is 0 Å². The smallest absolute Gasteiger partial charge is 0.227 e. The lowest BCUT2D eigenvalue weighted by molar-refractivity contribution is -0.137. The summed E-state index contributed by atoms with van der Waals surface area (Å²) in [5, 5.41) is 1.39. The molecule has 0 N–H and O–H groups in total. The van der Waals surface area contributed by atoms with Gasteiger partial charge in [0.05, 0.1) is 5.92 Å². The Morgan fingerprint density at radius 3 is 2.28 bits per heavy atom. The highest BCUT2D eigenvalue weighted by Crippen LogP contribution is 2.28. The Morgan fingerprint density at radius 1 is 0.897 bits per heavy atom. The first-order chi connectivity index (χ1) is 14.1. The third kappa shape index (κ3) is 4.88. The first kappa shape index (κ1) is 20.5. The molecular weight excluding hydrogens is 405 g/mol. The molecule has 0 saturated carbocycles. The highest BCUT2D eigenvalue weighted by atomic mass is 35.5. The van der Waals surface area contributed by atoms with Gasteiger partial charge in [-0.2, -0.15) is 0 Å². The second-order valence-electron chi connectivity index (χ2n) is 7.92. The monoisotopic (exact) mass is 431 g/mol. The molecule has 2 heterocycles. The number of amides is 1. The Kier molecular flexibility index (Phi) is 6.63. The minimum absolute atomic E-state index is 0.0632. The summed E-state index contributed by atoms with van der Waals surface area (Å²) in [4.78, 5) is 19.9. The minimum Gasteiger partial charge on any atom is -0.368 e. The van der Waals surface area contributed by atoms with Gasteiger partial charge in [0.1, 0.15) is 0 Å². The van der Waals surface area contributed by atoms with Crippen LogP contribution in [0.25, 0.3) is 0 Å². The molecule has 0 bridgehead atoms. The summed E-state index contributed by atoms with van der Waals surface area (Å²) in [6, 6.07) is 16.1. The predicted molar refractivity (Wildman–Crippen MR) is 120 cm³/mol. The lowest BCUT2D eigenvalue weighted by Crippen LogP contribution is -2.52. The van der Waals surface area contributed by atoms with Gasteiger partial charge in [-0.15, -0.1) is 0 Å². The van der Waals surface area contributed by atoms with Gasteiger partial charge in [-0.05, 0) is 43.7 Å². The maximum Gasteiger partial charge on any atom is 0.227 e. The van der Waals surface area contributed by atoms with Crippen LogP contribution in [0, 0.1) is 5.92 Å². The van der Waals surface area contributed by atoms with E-state index in [1.807, 2.05) is 24.3 Å². The molecule has 0 spiro atoms. The summed E-state index contributed by atoms with van der Waals surface area (Å²) in [6.07, 6.45) is 1.99. The summed E-state index contributed by atoms with van der Waals surface area (Å²) in [6.45, 7) is 5.82. The fraction of sp³-hybridized carbons (Fsp3) is 0.435. The molecule has 4 rings (SSSR count). The molecule has 29 heavy (non-hydrogen) atoms. The van der Waals surface area contributed by atoms with Crippen molar-refractivity contribution >= 4 is 34.8 Å². The van der Waals surface area contributed by atoms with Crippen LogP contribution in [0.4, 0.5) is 5.69 Å². The van der Waals surface area contributed by atoms with Crippen molar-refractivity contribution in [1.29, 1.82) is 0 Å². The second-order valence-corrected chi connectivity index (χ2v) is 8.74. The van der Waals surface area contributed by atoms with Crippen molar-refractivity contribution < 1.29 is 4.79 Å². The van der Waals surface area contributed by atoms with Gasteiger partial charge in [-0.1, -0.05) is 47.5 Å². The fourth-order valence-electron chi connectivity index (χ4n) is 4.39. The number of para-hydroxylation sites is 1. The molecule has 1 amide bonds. The molecule has 2 fully saturated rings. The van der Waals surface area contributed by atoms with E-state index in [9.17, 15) is 4.79 Å². The third-order valence-electron chi connectivity index (χ3n) is 6.01. The maximum absolute atomic E-state index is 13.2. The average molecular weight is 432 g/mol. The van der Waals surface area contributed by atoms with Crippen LogP contribution in [-0.4, -0.2) is 55.0 Å². The molecule has 4 nitrogen and oxygen atoms in total. The molecule has 0 radical (unpaired) electrons. The number of piperazine rings is 1. The summed E-state index contributed by atoms with van der Waals surface area (Å²) in [5.41, 5.74) is 2.19. The lowest BCUT2D eigenvalue weighted by Gasteiger charge is -2.39. The number of hydrogen-bond donors (Lipinski definition) is 0. The summed E-state index contributed by atoms with van der Waals surface area (Å²) >= 11 is 12.7. The number of benzene rings is 2. The fourth-order valence-corrected chi connectivity index (χ4v) is 4.91. The molecule has 0 aromatic heterocycles. The Hall–Kier alpha value is -1.75. The molecule has 2 aliphatic heterocycles. The molecule has 6 heteroatoms. The van der Waals surface area contributed by atoms with Crippen LogP contribution >= 0.6 is 23.2 Å². The van der Waals surface area contributed by atoms with Crippen molar-refractivity contribution in [3.8, 4) is 0 Å². The van der Waals surface area contributed by atoms with E-state index in [0.29, 0.717) is 22.5 Å². The van der Waals surface area contributed by atoms with Gasteiger partial charge in [0.15, 0.2) is 0 Å². The molecule has 2 aliphatic rings. The van der Waals surface area contributed by atoms with E-state index in [1.54, 1.807) is 0 Å². The predicted octanol–water partition coefficient (Wildman–Crippen LogP) is 4.55. The number of rotatable bonds is 4. The normalized spacial score (nSPS) is 20.7. The first-order valence-corrected chi connectivity index (χ1v) is 11.1. The van der Waals surface area contributed by atoms with Crippen molar-refractivity contribution in [2.24, 2.45) is 5.92 Å². The van der Waals surface area contributed by atoms with E-state index in [-0.39, 0.29) is 5.92 Å². The Balaban J connectivity index is 1.33. The van der Waals surface area contributed by atoms with Crippen LogP contribution in [0.1, 0.15) is 18.4 Å². The number of piperidine rings is 1. The zero-order chi connectivity index (χ0) is 20.2. The van der Waals surface area contributed by atoms with E-state index in [1.165, 1.54) is 5.69 Å². The van der Waals surface area contributed by atoms with Crippen molar-refractivity contribution in [2.45, 2.75) is 19.4 Å². The van der Waals surface area contributed by atoms with E-state index >= 15 is 0 Å². The summed E-state index contributed by atoms with van der Waals surface area (Å²) < 4.78 is 0. The molecule has 0 unspecified atom stereocenters. The number of likely N-dealkylation sites (tertiary alicyclic amines) is 1. The zero-order valence-corrected chi connectivity index (χ0v) is 18.1. The second kappa shape index (κ2) is 9.38. The van der Waals surface area contributed by atoms with Crippen molar-refractivity contribution in [1.82, 2.24) is 9.80 Å². The third-order valence-corrected chi connectivity index (χ3v) is 6.72. The van der Waals surface area contributed by atoms with Crippen LogP contribution in [0.15, 0.2) is 48.5 Å². The van der Waals surface area contributed by atoms with Crippen LogP contribution in [0.5, 0.6) is 0 Å². The highest BCUT2D eigenvalue weighted by Gasteiger charge is 2.31. The standard InChI is InChI=1S/C23H27Cl2N3O/c24-21-9-4-10-22(25)20(21)17-26-11-5-6-18(16-26)23(29)28-14-12-27(13-15-28)19-7-2-1-3-8-19/h1-4,7-10,18H,5-6,11-17H2/t18-/m1/s1. The zero-order valence-electron chi connectivity index (χ0n) is 16.6. The van der Waals surface area contributed by atoms with Gasteiger partial charge < -0.3 is 9.80 Å². The van der Waals surface area contributed by atoms with Gasteiger partial charge in [-0.3, -0.25) is 9.69 Å². The highest BCUT2D eigenvalue weighted by molar-refractivity contribution is 6.35. The maximum atomic E-state index is 13.2. The molecule has 154 valence electrons. The summed E-state index contributed by atoms with van der Waals surface area (Å²) in [7, 11) is 0. The van der Waals surface area contributed by atoms with Gasteiger partial charge in [0, 0.05) is 60.6 Å². The van der Waals surface area contributed by atoms with E-state index in [4.69, 9.17) is 23.2 Å². The minimum atomic E-state index is 0.0632. The van der Waals surface area contributed by atoms with Crippen molar-refractivity contribution in [3.05, 3.63) is 64.1 Å². The van der Waals surface area contributed by atoms with Crippen LogP contribution < -0.4 is 4.90 Å². The molecule has 0 aliphatic carbocycles. The van der Waals surface area contributed by atoms with E-state index < -0.39 is 0 Å². The number of carbonyl (C=O) groups is 1. The van der Waals surface area contributed by atoms with E-state index in [0.717, 1.165) is 57.7 Å². The van der Waals surface area contributed by atoms with Crippen LogP contribution in [-0.2, 0) is 11.3 Å². The number of anilines is 1. The largest absolute Gasteiger partial charge is 0.368 e.